The molecule has 2 amide bonds. The van der Waals surface area contributed by atoms with Crippen LogP contribution in [0.5, 0.6) is 0 Å². The maximum Gasteiger partial charge on any atom is 0.244 e. The van der Waals surface area contributed by atoms with Gasteiger partial charge >= 0.3 is 0 Å². The average Bonchev–Trinajstić information content (AvgIpc) is 2.82. The minimum absolute atomic E-state index is 0.0575. The SMILES string of the molecule is CCCCNC(=O)[C@@H](C)N(Cc1ccc(Cl)c(Cl)c1)C(=O)CN(c1ccc(C(C)C)cc1)S(C)(=O)=O. The number of benzene rings is 2. The molecule has 1 atom stereocenters. The number of nitrogens with zero attached hydrogens (tertiary/aromatic N) is 2. The van der Waals surface area contributed by atoms with Crippen LogP contribution in [0, 0.1) is 0 Å². The molecule has 0 bridgehead atoms. The molecule has 0 heterocycles. The van der Waals surface area contributed by atoms with Gasteiger partial charge in [-0.1, -0.05) is 68.6 Å². The van der Waals surface area contributed by atoms with Crippen molar-refractivity contribution in [2.75, 3.05) is 23.7 Å². The molecule has 0 spiro atoms. The van der Waals surface area contributed by atoms with Crippen LogP contribution in [-0.4, -0.2) is 50.5 Å². The average molecular weight is 557 g/mol. The Kier molecular flexibility index (Phi) is 11.1. The molecule has 0 aliphatic heterocycles. The third kappa shape index (κ3) is 8.39. The smallest absolute Gasteiger partial charge is 0.244 e. The van der Waals surface area contributed by atoms with Gasteiger partial charge in [-0.15, -0.1) is 0 Å². The second-order valence-electron chi connectivity index (χ2n) is 9.11. The summed E-state index contributed by atoms with van der Waals surface area (Å²) in [5, 5.41) is 3.54. The van der Waals surface area contributed by atoms with E-state index in [1.165, 1.54) is 4.90 Å². The molecule has 2 aromatic rings. The van der Waals surface area contributed by atoms with Crippen molar-refractivity contribution in [3.8, 4) is 0 Å². The first-order valence-electron chi connectivity index (χ1n) is 11.9. The highest BCUT2D eigenvalue weighted by Crippen LogP contribution is 2.25. The Labute approximate surface area is 224 Å². The minimum Gasteiger partial charge on any atom is -0.354 e. The van der Waals surface area contributed by atoms with Gasteiger partial charge < -0.3 is 10.2 Å². The number of carbonyl (C=O) groups excluding carboxylic acids is 2. The number of hydrogen-bond acceptors (Lipinski definition) is 4. The molecule has 0 unspecified atom stereocenters. The number of anilines is 1. The predicted octanol–water partition coefficient (Wildman–Crippen LogP) is 5.22. The Balaban J connectivity index is 2.37. The first-order valence-corrected chi connectivity index (χ1v) is 14.5. The number of rotatable bonds is 12. The Hall–Kier alpha value is -2.29. The van der Waals surface area contributed by atoms with Crippen molar-refractivity contribution in [2.45, 2.75) is 59.0 Å². The van der Waals surface area contributed by atoms with Crippen LogP contribution < -0.4 is 9.62 Å². The lowest BCUT2D eigenvalue weighted by Gasteiger charge is -2.31. The molecular weight excluding hydrogens is 521 g/mol. The third-order valence-corrected chi connectivity index (χ3v) is 7.74. The molecule has 0 aliphatic carbocycles. The number of hydrogen-bond donors (Lipinski definition) is 1. The zero-order valence-electron chi connectivity index (χ0n) is 21.4. The topological polar surface area (TPSA) is 86.8 Å². The summed E-state index contributed by atoms with van der Waals surface area (Å²) in [6.07, 6.45) is 2.79. The van der Waals surface area contributed by atoms with Crippen molar-refractivity contribution < 1.29 is 18.0 Å². The molecule has 2 rings (SSSR count). The molecule has 0 saturated heterocycles. The van der Waals surface area contributed by atoms with Gasteiger partial charge in [-0.2, -0.15) is 0 Å². The molecule has 2 aromatic carbocycles. The van der Waals surface area contributed by atoms with E-state index in [1.54, 1.807) is 37.3 Å². The fourth-order valence-electron chi connectivity index (χ4n) is 3.59. The van der Waals surface area contributed by atoms with E-state index in [0.717, 1.165) is 29.0 Å². The fourth-order valence-corrected chi connectivity index (χ4v) is 4.76. The van der Waals surface area contributed by atoms with Crippen LogP contribution in [0.25, 0.3) is 0 Å². The lowest BCUT2D eigenvalue weighted by atomic mass is 10.0. The third-order valence-electron chi connectivity index (χ3n) is 5.86. The van der Waals surface area contributed by atoms with Gasteiger partial charge in [-0.25, -0.2) is 8.42 Å². The van der Waals surface area contributed by atoms with E-state index in [9.17, 15) is 18.0 Å². The summed E-state index contributed by atoms with van der Waals surface area (Å²) in [7, 11) is -3.78. The number of carbonyl (C=O) groups is 2. The molecule has 198 valence electrons. The van der Waals surface area contributed by atoms with Crippen molar-refractivity contribution in [1.29, 1.82) is 0 Å². The summed E-state index contributed by atoms with van der Waals surface area (Å²) >= 11 is 12.2. The zero-order chi connectivity index (χ0) is 27.0. The Morgan fingerprint density at radius 1 is 1.00 bits per heavy atom. The molecule has 36 heavy (non-hydrogen) atoms. The van der Waals surface area contributed by atoms with Gasteiger partial charge in [-0.3, -0.25) is 13.9 Å². The van der Waals surface area contributed by atoms with Crippen LogP contribution >= 0.6 is 23.2 Å². The van der Waals surface area contributed by atoms with Gasteiger partial charge in [0, 0.05) is 13.1 Å². The summed E-state index contributed by atoms with van der Waals surface area (Å²) in [5.41, 5.74) is 2.10. The van der Waals surface area contributed by atoms with Gasteiger partial charge in [0.25, 0.3) is 0 Å². The molecule has 1 N–H and O–H groups in total. The monoisotopic (exact) mass is 555 g/mol. The second-order valence-corrected chi connectivity index (χ2v) is 11.8. The van der Waals surface area contributed by atoms with E-state index in [1.807, 2.05) is 32.9 Å². The second kappa shape index (κ2) is 13.3. The van der Waals surface area contributed by atoms with Crippen LogP contribution in [0.15, 0.2) is 42.5 Å². The van der Waals surface area contributed by atoms with Crippen LogP contribution in [0.2, 0.25) is 10.0 Å². The maximum absolute atomic E-state index is 13.6. The molecule has 0 aromatic heterocycles. The molecule has 0 saturated carbocycles. The molecule has 0 radical (unpaired) electrons. The van der Waals surface area contributed by atoms with Gasteiger partial charge in [0.05, 0.1) is 22.0 Å². The molecular formula is C26H35Cl2N3O4S. The van der Waals surface area contributed by atoms with E-state index in [0.29, 0.717) is 27.8 Å². The van der Waals surface area contributed by atoms with Crippen LogP contribution in [0.1, 0.15) is 57.6 Å². The number of unbranched alkanes of at least 4 members (excludes halogenated alkanes) is 1. The van der Waals surface area contributed by atoms with E-state index >= 15 is 0 Å². The Morgan fingerprint density at radius 2 is 1.64 bits per heavy atom. The van der Waals surface area contributed by atoms with Crippen molar-refractivity contribution >= 4 is 50.7 Å². The normalized spacial score (nSPS) is 12.3. The molecule has 7 nitrogen and oxygen atoms in total. The van der Waals surface area contributed by atoms with Gasteiger partial charge in [0.1, 0.15) is 12.6 Å². The summed E-state index contributed by atoms with van der Waals surface area (Å²) in [6, 6.07) is 11.2. The van der Waals surface area contributed by atoms with Crippen LogP contribution in [-0.2, 0) is 26.2 Å². The lowest BCUT2D eigenvalue weighted by Crippen LogP contribution is -2.51. The van der Waals surface area contributed by atoms with E-state index in [4.69, 9.17) is 23.2 Å². The zero-order valence-corrected chi connectivity index (χ0v) is 23.8. The highest BCUT2D eigenvalue weighted by Gasteiger charge is 2.30. The summed E-state index contributed by atoms with van der Waals surface area (Å²) in [6.45, 7) is 7.82. The lowest BCUT2D eigenvalue weighted by molar-refractivity contribution is -0.139. The number of nitrogens with one attached hydrogen (secondary N) is 1. The summed E-state index contributed by atoms with van der Waals surface area (Å²) in [4.78, 5) is 27.8. The van der Waals surface area contributed by atoms with E-state index in [-0.39, 0.29) is 18.4 Å². The van der Waals surface area contributed by atoms with Crippen molar-refractivity contribution in [2.24, 2.45) is 0 Å². The largest absolute Gasteiger partial charge is 0.354 e. The number of halogens is 2. The number of amides is 2. The first kappa shape index (κ1) is 29.9. The highest BCUT2D eigenvalue weighted by molar-refractivity contribution is 7.92. The maximum atomic E-state index is 13.6. The van der Waals surface area contributed by atoms with E-state index in [2.05, 4.69) is 5.32 Å². The van der Waals surface area contributed by atoms with Gasteiger partial charge in [0.2, 0.25) is 21.8 Å². The predicted molar refractivity (Wildman–Crippen MR) is 147 cm³/mol. The van der Waals surface area contributed by atoms with Crippen molar-refractivity contribution in [3.05, 3.63) is 63.6 Å². The van der Waals surface area contributed by atoms with Crippen molar-refractivity contribution in [3.63, 3.8) is 0 Å². The molecule has 10 heteroatoms. The van der Waals surface area contributed by atoms with Gasteiger partial charge in [0.15, 0.2) is 0 Å². The van der Waals surface area contributed by atoms with E-state index < -0.39 is 28.5 Å². The van der Waals surface area contributed by atoms with Crippen molar-refractivity contribution in [1.82, 2.24) is 10.2 Å². The standard InChI is InChI=1S/C26H35Cl2N3O4S/c1-6-7-14-29-26(33)19(4)30(16-20-8-13-23(27)24(28)15-20)25(32)17-31(36(5,34)35)22-11-9-21(10-12-22)18(2)3/h8-13,15,18-19H,6-7,14,16-17H2,1-5H3,(H,29,33)/t19-/m1/s1. The molecule has 0 aliphatic rings. The highest BCUT2D eigenvalue weighted by atomic mass is 35.5. The minimum atomic E-state index is -3.78. The Morgan fingerprint density at radius 3 is 2.17 bits per heavy atom. The first-order chi connectivity index (χ1) is 16.8. The summed E-state index contributed by atoms with van der Waals surface area (Å²) < 4.78 is 26.4. The fraction of sp³-hybridized carbons (Fsp3) is 0.462. The van der Waals surface area contributed by atoms with Crippen LogP contribution in [0.3, 0.4) is 0 Å². The molecule has 0 fully saturated rings. The van der Waals surface area contributed by atoms with Gasteiger partial charge in [-0.05, 0) is 54.7 Å². The summed E-state index contributed by atoms with van der Waals surface area (Å²) in [5.74, 6) is -0.553. The quantitative estimate of drug-likeness (QED) is 0.364. The number of sulfonamides is 1. The van der Waals surface area contributed by atoms with Crippen LogP contribution in [0.4, 0.5) is 5.69 Å². The Bertz CT molecular complexity index is 1150.